The van der Waals surface area contributed by atoms with Gasteiger partial charge in [0.1, 0.15) is 23.9 Å². The number of epoxide rings is 1. The van der Waals surface area contributed by atoms with E-state index in [-0.39, 0.29) is 12.0 Å². The first-order valence-electron chi connectivity index (χ1n) is 13.4. The molecule has 0 bridgehead atoms. The molecule has 0 aromatic heterocycles. The second kappa shape index (κ2) is 9.93. The Morgan fingerprint density at radius 3 is 2.23 bits per heavy atom. The van der Waals surface area contributed by atoms with Crippen molar-refractivity contribution in [2.24, 2.45) is 11.3 Å². The second-order valence-electron chi connectivity index (χ2n) is 11.7. The van der Waals surface area contributed by atoms with E-state index in [4.69, 9.17) is 23.7 Å². The minimum Gasteiger partial charge on any atom is -0.459 e. The lowest BCUT2D eigenvalue weighted by Gasteiger charge is -2.55. The van der Waals surface area contributed by atoms with Gasteiger partial charge in [-0.15, -0.1) is 0 Å². The van der Waals surface area contributed by atoms with Gasteiger partial charge in [0, 0.05) is 31.6 Å². The molecule has 2 aliphatic carbocycles. The van der Waals surface area contributed by atoms with Crippen LogP contribution < -0.4 is 0 Å². The molecule has 2 saturated heterocycles. The molecule has 3 N–H and O–H groups in total. The van der Waals surface area contributed by atoms with Crippen molar-refractivity contribution in [1.29, 1.82) is 0 Å². The zero-order chi connectivity index (χ0) is 30.0. The number of rotatable bonds is 5. The van der Waals surface area contributed by atoms with E-state index in [0.717, 1.165) is 13.8 Å². The van der Waals surface area contributed by atoms with Gasteiger partial charge in [-0.2, -0.15) is 0 Å². The van der Waals surface area contributed by atoms with Gasteiger partial charge >= 0.3 is 23.9 Å². The standard InChI is InChI=1S/C28H38O12/c1-8-9-18(31)39-20-13(2)12-17-28(27(7,40-28)24(34)38-17)23(37-15(4)30)21-25(5,22(33)19(20)32)11-10-16(26(21,6)35)36-14(3)29/h10-12,16-17,19-23,32-33,35H,8-9H2,1-7H3/b13-12-/t16-,17+,19-,20+,21-,22+,23-,25+,26-,27+,28+/m1/s1. The Balaban J connectivity index is 1.99. The Labute approximate surface area is 232 Å². The fourth-order valence-corrected chi connectivity index (χ4v) is 6.75. The molecule has 0 aromatic carbocycles. The van der Waals surface area contributed by atoms with Crippen molar-refractivity contribution in [3.63, 3.8) is 0 Å². The molecule has 2 heterocycles. The van der Waals surface area contributed by atoms with E-state index in [1.807, 2.05) is 0 Å². The van der Waals surface area contributed by atoms with Crippen LogP contribution >= 0.6 is 0 Å². The van der Waals surface area contributed by atoms with Gasteiger partial charge in [0.25, 0.3) is 0 Å². The minimum absolute atomic E-state index is 0.0588. The highest BCUT2D eigenvalue weighted by Gasteiger charge is 2.87. The topological polar surface area (TPSA) is 178 Å². The van der Waals surface area contributed by atoms with E-state index in [9.17, 15) is 34.5 Å². The van der Waals surface area contributed by atoms with Gasteiger partial charge in [-0.3, -0.25) is 14.4 Å². The lowest BCUT2D eigenvalue weighted by Crippen LogP contribution is -2.68. The summed E-state index contributed by atoms with van der Waals surface area (Å²) in [7, 11) is 0. The van der Waals surface area contributed by atoms with E-state index >= 15 is 0 Å². The summed E-state index contributed by atoms with van der Waals surface area (Å²) in [6, 6.07) is 0. The van der Waals surface area contributed by atoms with Crippen molar-refractivity contribution in [2.45, 2.75) is 115 Å². The molecule has 4 aliphatic rings. The van der Waals surface area contributed by atoms with Crippen LogP contribution in [0.3, 0.4) is 0 Å². The summed E-state index contributed by atoms with van der Waals surface area (Å²) in [6.45, 7) is 9.97. The Bertz CT molecular complexity index is 1160. The number of aliphatic hydroxyl groups is 3. The van der Waals surface area contributed by atoms with E-state index in [0.29, 0.717) is 6.42 Å². The summed E-state index contributed by atoms with van der Waals surface area (Å²) in [4.78, 5) is 50.1. The Kier molecular flexibility index (Phi) is 7.49. The van der Waals surface area contributed by atoms with Crippen molar-refractivity contribution in [2.75, 3.05) is 0 Å². The van der Waals surface area contributed by atoms with Crippen LogP contribution in [0.1, 0.15) is 61.3 Å². The van der Waals surface area contributed by atoms with Crippen LogP contribution in [-0.4, -0.2) is 92.6 Å². The highest BCUT2D eigenvalue weighted by Crippen LogP contribution is 2.65. The lowest BCUT2D eigenvalue weighted by atomic mass is 9.55. The molecule has 40 heavy (non-hydrogen) atoms. The van der Waals surface area contributed by atoms with Gasteiger partial charge < -0.3 is 39.0 Å². The predicted octanol–water partition coefficient (Wildman–Crippen LogP) is 0.640. The highest BCUT2D eigenvalue weighted by atomic mass is 16.7. The third-order valence-electron chi connectivity index (χ3n) is 8.79. The number of carbonyl (C=O) groups excluding carboxylic acids is 4. The monoisotopic (exact) mass is 566 g/mol. The first kappa shape index (κ1) is 30.2. The van der Waals surface area contributed by atoms with E-state index in [2.05, 4.69) is 0 Å². The summed E-state index contributed by atoms with van der Waals surface area (Å²) >= 11 is 0. The average Bonchev–Trinajstić information content (AvgIpc) is 3.43. The molecule has 12 nitrogen and oxygen atoms in total. The van der Waals surface area contributed by atoms with Crippen molar-refractivity contribution >= 4 is 23.9 Å². The normalized spacial score (nSPS) is 46.9. The van der Waals surface area contributed by atoms with Crippen LogP contribution in [0, 0.1) is 11.3 Å². The molecule has 11 atom stereocenters. The van der Waals surface area contributed by atoms with Crippen LogP contribution in [0.15, 0.2) is 23.8 Å². The molecule has 0 amide bonds. The Morgan fingerprint density at radius 2 is 1.68 bits per heavy atom. The molecule has 0 saturated carbocycles. The van der Waals surface area contributed by atoms with Gasteiger partial charge in [-0.05, 0) is 44.9 Å². The van der Waals surface area contributed by atoms with Crippen LogP contribution in [0.5, 0.6) is 0 Å². The van der Waals surface area contributed by atoms with Crippen molar-refractivity contribution < 1.29 is 58.2 Å². The molecule has 0 unspecified atom stereocenters. The van der Waals surface area contributed by atoms with Crippen molar-refractivity contribution in [3.8, 4) is 0 Å². The molecule has 4 rings (SSSR count). The maximum atomic E-state index is 13.1. The Morgan fingerprint density at radius 1 is 1.05 bits per heavy atom. The van der Waals surface area contributed by atoms with E-state index in [1.165, 1.54) is 39.0 Å². The van der Waals surface area contributed by atoms with Gasteiger partial charge in [-0.25, -0.2) is 4.79 Å². The number of aliphatic hydroxyl groups excluding tert-OH is 2. The van der Waals surface area contributed by atoms with E-state index in [1.54, 1.807) is 13.8 Å². The fourth-order valence-electron chi connectivity index (χ4n) is 6.75. The maximum Gasteiger partial charge on any atom is 0.342 e. The first-order valence-corrected chi connectivity index (χ1v) is 13.4. The first-order chi connectivity index (χ1) is 18.5. The molecule has 0 aromatic rings. The molecular formula is C28H38O12. The van der Waals surface area contributed by atoms with Crippen LogP contribution in [0.25, 0.3) is 0 Å². The Hall–Kier alpha value is -2.80. The third kappa shape index (κ3) is 4.36. The number of ether oxygens (including phenoxy) is 5. The predicted molar refractivity (Wildman–Crippen MR) is 135 cm³/mol. The lowest BCUT2D eigenvalue weighted by molar-refractivity contribution is -0.225. The zero-order valence-corrected chi connectivity index (χ0v) is 23.7. The molecular weight excluding hydrogens is 528 g/mol. The van der Waals surface area contributed by atoms with Crippen molar-refractivity contribution in [3.05, 3.63) is 23.8 Å². The SMILES string of the molecule is CCCC(=O)O[C@H]1/C(C)=C\[C@@H]2OC(=O)[C@]3(C)O[C@]23[C@H](OC(C)=O)[C@H]2[C@](C)(O)[C@H](OC(C)=O)C=C[C@]2(C)[C@@H](O)[C@@H]1O. The van der Waals surface area contributed by atoms with Crippen LogP contribution in [0.4, 0.5) is 0 Å². The number of esters is 4. The molecule has 2 fully saturated rings. The minimum atomic E-state index is -2.04. The maximum absolute atomic E-state index is 13.1. The van der Waals surface area contributed by atoms with Gasteiger partial charge in [-0.1, -0.05) is 19.9 Å². The highest BCUT2D eigenvalue weighted by molar-refractivity contribution is 5.89. The summed E-state index contributed by atoms with van der Waals surface area (Å²) in [5.74, 6) is -4.18. The number of carbonyl (C=O) groups is 4. The molecule has 1 spiro atoms. The molecule has 222 valence electrons. The number of hydrogen-bond acceptors (Lipinski definition) is 12. The zero-order valence-electron chi connectivity index (χ0n) is 23.7. The molecule has 2 aliphatic heterocycles. The number of fused-ring (bicyclic) bond motifs is 1. The molecule has 12 heteroatoms. The summed E-state index contributed by atoms with van der Waals surface area (Å²) in [5, 5.41) is 35.3. The smallest absolute Gasteiger partial charge is 0.342 e. The number of hydrogen-bond donors (Lipinski definition) is 3. The van der Waals surface area contributed by atoms with Gasteiger partial charge in [0.05, 0.1) is 6.10 Å². The third-order valence-corrected chi connectivity index (χ3v) is 8.79. The van der Waals surface area contributed by atoms with Crippen LogP contribution in [0.2, 0.25) is 0 Å². The summed E-state index contributed by atoms with van der Waals surface area (Å²) < 4.78 is 28.6. The molecule has 0 radical (unpaired) electrons. The second-order valence-corrected chi connectivity index (χ2v) is 11.7. The van der Waals surface area contributed by atoms with Gasteiger partial charge in [0.15, 0.2) is 23.4 Å². The summed E-state index contributed by atoms with van der Waals surface area (Å²) in [6.07, 6.45) is -3.90. The largest absolute Gasteiger partial charge is 0.459 e. The van der Waals surface area contributed by atoms with E-state index < -0.39 is 88.6 Å². The average molecular weight is 567 g/mol. The quantitative estimate of drug-likeness (QED) is 0.183. The van der Waals surface area contributed by atoms with Gasteiger partial charge in [0.2, 0.25) is 0 Å². The van der Waals surface area contributed by atoms with Crippen molar-refractivity contribution in [1.82, 2.24) is 0 Å². The summed E-state index contributed by atoms with van der Waals surface area (Å²) in [5.41, 5.74) is -6.66. The fraction of sp³-hybridized carbons (Fsp3) is 0.714. The van der Waals surface area contributed by atoms with Crippen LogP contribution in [-0.2, 0) is 42.9 Å².